The largest absolute Gasteiger partial charge is 0.468 e. The minimum Gasteiger partial charge on any atom is -0.468 e. The van der Waals surface area contributed by atoms with Crippen molar-refractivity contribution in [1.82, 2.24) is 0 Å². The summed E-state index contributed by atoms with van der Waals surface area (Å²) in [5, 5.41) is 8.55. The number of thioether (sulfide) groups is 1. The van der Waals surface area contributed by atoms with Crippen LogP contribution in [0.3, 0.4) is 0 Å². The molecule has 4 heteroatoms. The van der Waals surface area contributed by atoms with Crippen molar-refractivity contribution >= 4 is 17.7 Å². The van der Waals surface area contributed by atoms with Gasteiger partial charge in [0.1, 0.15) is 6.61 Å². The molecule has 0 heterocycles. The van der Waals surface area contributed by atoms with Crippen LogP contribution in [0.25, 0.3) is 0 Å². The van der Waals surface area contributed by atoms with Gasteiger partial charge in [-0.3, -0.25) is 4.79 Å². The molecule has 1 N–H and O–H groups in total. The summed E-state index contributed by atoms with van der Waals surface area (Å²) in [6.45, 7) is -0.128. The standard InChI is InChI=1S/C13H14O3S/c1-16-13(15)10-17-9-12-6-4-11(5-7-12)3-2-8-14/h4-7,14H,8-10H2,1H3. The third kappa shape index (κ3) is 5.43. The van der Waals surface area contributed by atoms with Crippen molar-refractivity contribution in [2.24, 2.45) is 0 Å². The van der Waals surface area contributed by atoms with Crippen LogP contribution in [-0.4, -0.2) is 30.5 Å². The van der Waals surface area contributed by atoms with Crippen LogP contribution in [0.15, 0.2) is 24.3 Å². The highest BCUT2D eigenvalue weighted by atomic mass is 32.2. The first kappa shape index (κ1) is 13.6. The molecule has 0 aliphatic carbocycles. The van der Waals surface area contributed by atoms with Crippen LogP contribution >= 0.6 is 11.8 Å². The number of hydrogen-bond acceptors (Lipinski definition) is 4. The Balaban J connectivity index is 2.43. The van der Waals surface area contributed by atoms with E-state index in [0.29, 0.717) is 5.75 Å². The molecule has 0 unspecified atom stereocenters. The van der Waals surface area contributed by atoms with Crippen molar-refractivity contribution in [2.75, 3.05) is 19.5 Å². The zero-order valence-electron chi connectivity index (χ0n) is 9.60. The minimum atomic E-state index is -0.208. The molecular weight excluding hydrogens is 236 g/mol. The molecule has 1 aromatic rings. The molecule has 0 amide bonds. The summed E-state index contributed by atoms with van der Waals surface area (Å²) in [5.74, 6) is 6.34. The van der Waals surface area contributed by atoms with Crippen LogP contribution in [0.1, 0.15) is 11.1 Å². The number of carbonyl (C=O) groups is 1. The van der Waals surface area contributed by atoms with E-state index in [-0.39, 0.29) is 12.6 Å². The molecule has 0 radical (unpaired) electrons. The molecule has 0 aliphatic heterocycles. The predicted molar refractivity (Wildman–Crippen MR) is 68.6 cm³/mol. The number of aliphatic hydroxyl groups excluding tert-OH is 1. The molecule has 0 atom stereocenters. The fourth-order valence-electron chi connectivity index (χ4n) is 1.14. The third-order valence-electron chi connectivity index (χ3n) is 1.98. The average Bonchev–Trinajstić information content (AvgIpc) is 2.37. The molecule has 1 rings (SSSR count). The van der Waals surface area contributed by atoms with Gasteiger partial charge in [0.25, 0.3) is 0 Å². The van der Waals surface area contributed by atoms with Crippen molar-refractivity contribution in [1.29, 1.82) is 0 Å². The second-order valence-electron chi connectivity index (χ2n) is 3.23. The summed E-state index contributed by atoms with van der Waals surface area (Å²) < 4.78 is 4.55. The number of hydrogen-bond donors (Lipinski definition) is 1. The Kier molecular flexibility index (Phi) is 6.23. The lowest BCUT2D eigenvalue weighted by Gasteiger charge is -2.01. The Labute approximate surface area is 105 Å². The Morgan fingerprint density at radius 2 is 2.12 bits per heavy atom. The quantitative estimate of drug-likeness (QED) is 0.649. The van der Waals surface area contributed by atoms with E-state index in [9.17, 15) is 4.79 Å². The van der Waals surface area contributed by atoms with Gasteiger partial charge in [0.05, 0.1) is 12.9 Å². The van der Waals surface area contributed by atoms with Crippen LogP contribution in [-0.2, 0) is 15.3 Å². The van der Waals surface area contributed by atoms with Gasteiger partial charge in [0.15, 0.2) is 0 Å². The maximum absolute atomic E-state index is 10.9. The third-order valence-corrected chi connectivity index (χ3v) is 2.96. The van der Waals surface area contributed by atoms with Crippen LogP contribution in [0, 0.1) is 11.8 Å². The normalized spacial score (nSPS) is 9.29. The van der Waals surface area contributed by atoms with Gasteiger partial charge < -0.3 is 9.84 Å². The fourth-order valence-corrected chi connectivity index (χ4v) is 1.95. The topological polar surface area (TPSA) is 46.5 Å². The van der Waals surface area contributed by atoms with Crippen LogP contribution in [0.4, 0.5) is 0 Å². The first-order valence-corrected chi connectivity index (χ1v) is 6.25. The van der Waals surface area contributed by atoms with Crippen molar-refractivity contribution in [2.45, 2.75) is 5.75 Å². The van der Waals surface area contributed by atoms with Gasteiger partial charge in [-0.2, -0.15) is 0 Å². The summed E-state index contributed by atoms with van der Waals surface area (Å²) in [4.78, 5) is 10.9. The van der Waals surface area contributed by atoms with Gasteiger partial charge in [-0.1, -0.05) is 24.0 Å². The molecular formula is C13H14O3S. The summed E-state index contributed by atoms with van der Waals surface area (Å²) in [6, 6.07) is 7.73. The van der Waals surface area contributed by atoms with Crippen molar-refractivity contribution in [3.05, 3.63) is 35.4 Å². The highest BCUT2D eigenvalue weighted by molar-refractivity contribution is 7.99. The summed E-state index contributed by atoms with van der Waals surface area (Å²) in [6.07, 6.45) is 0. The second kappa shape index (κ2) is 7.77. The molecule has 0 bridgehead atoms. The molecule has 0 saturated carbocycles. The average molecular weight is 250 g/mol. The van der Waals surface area contributed by atoms with E-state index in [1.165, 1.54) is 18.9 Å². The first-order chi connectivity index (χ1) is 8.26. The molecule has 0 fully saturated rings. The monoisotopic (exact) mass is 250 g/mol. The SMILES string of the molecule is COC(=O)CSCc1ccc(C#CCO)cc1. The smallest absolute Gasteiger partial charge is 0.315 e. The van der Waals surface area contributed by atoms with Gasteiger partial charge in [-0.15, -0.1) is 11.8 Å². The van der Waals surface area contributed by atoms with E-state index in [4.69, 9.17) is 5.11 Å². The van der Waals surface area contributed by atoms with Crippen LogP contribution in [0.2, 0.25) is 0 Å². The number of ether oxygens (including phenoxy) is 1. The Hall–Kier alpha value is -1.44. The number of rotatable bonds is 4. The Morgan fingerprint density at radius 1 is 1.41 bits per heavy atom. The van der Waals surface area contributed by atoms with Crippen molar-refractivity contribution in [3.63, 3.8) is 0 Å². The van der Waals surface area contributed by atoms with Gasteiger partial charge >= 0.3 is 5.97 Å². The molecule has 1 aromatic carbocycles. The fraction of sp³-hybridized carbons (Fsp3) is 0.308. The maximum Gasteiger partial charge on any atom is 0.315 e. The molecule has 0 spiro atoms. The number of carbonyl (C=O) groups excluding carboxylic acids is 1. The van der Waals surface area contributed by atoms with E-state index >= 15 is 0 Å². The van der Waals surface area contributed by atoms with Crippen molar-refractivity contribution < 1.29 is 14.6 Å². The Morgan fingerprint density at radius 3 is 2.71 bits per heavy atom. The lowest BCUT2D eigenvalue weighted by atomic mass is 10.1. The molecule has 3 nitrogen and oxygen atoms in total. The predicted octanol–water partition coefficient (Wildman–Crippen LogP) is 1.44. The molecule has 90 valence electrons. The second-order valence-corrected chi connectivity index (χ2v) is 4.21. The molecule has 0 saturated heterocycles. The number of benzene rings is 1. The summed E-state index contributed by atoms with van der Waals surface area (Å²) >= 11 is 1.51. The summed E-state index contributed by atoms with van der Waals surface area (Å²) in [7, 11) is 1.39. The van der Waals surface area contributed by atoms with Gasteiger partial charge in [-0.25, -0.2) is 0 Å². The zero-order chi connectivity index (χ0) is 12.5. The summed E-state index contributed by atoms with van der Waals surface area (Å²) in [5.41, 5.74) is 2.01. The van der Waals surface area contributed by atoms with E-state index < -0.39 is 0 Å². The highest BCUT2D eigenvalue weighted by Crippen LogP contribution is 2.12. The number of esters is 1. The molecule has 17 heavy (non-hydrogen) atoms. The van der Waals surface area contributed by atoms with E-state index in [1.807, 2.05) is 24.3 Å². The van der Waals surface area contributed by atoms with E-state index in [0.717, 1.165) is 16.9 Å². The van der Waals surface area contributed by atoms with Crippen LogP contribution < -0.4 is 0 Å². The Bertz CT molecular complexity index is 415. The maximum atomic E-state index is 10.9. The molecule has 0 aliphatic rings. The van der Waals surface area contributed by atoms with Crippen LogP contribution in [0.5, 0.6) is 0 Å². The van der Waals surface area contributed by atoms with E-state index in [1.54, 1.807) is 0 Å². The van der Waals surface area contributed by atoms with Gasteiger partial charge in [0.2, 0.25) is 0 Å². The van der Waals surface area contributed by atoms with Crippen molar-refractivity contribution in [3.8, 4) is 11.8 Å². The first-order valence-electron chi connectivity index (χ1n) is 5.09. The minimum absolute atomic E-state index is 0.128. The molecule has 0 aromatic heterocycles. The highest BCUT2D eigenvalue weighted by Gasteiger charge is 2.00. The van der Waals surface area contributed by atoms with Gasteiger partial charge in [-0.05, 0) is 17.7 Å². The van der Waals surface area contributed by atoms with Gasteiger partial charge in [0, 0.05) is 11.3 Å². The lowest BCUT2D eigenvalue weighted by Crippen LogP contribution is -2.03. The lowest BCUT2D eigenvalue weighted by molar-refractivity contribution is -0.137. The number of methoxy groups -OCH3 is 1. The van der Waals surface area contributed by atoms with E-state index in [2.05, 4.69) is 16.6 Å². The number of aliphatic hydroxyl groups is 1. The zero-order valence-corrected chi connectivity index (χ0v) is 10.4.